The average molecular weight is 556 g/mol. The quantitative estimate of drug-likeness (QED) is 0.299. The Labute approximate surface area is 221 Å². The van der Waals surface area contributed by atoms with Gasteiger partial charge in [0.25, 0.3) is 0 Å². The fourth-order valence-electron chi connectivity index (χ4n) is 3.86. The van der Waals surface area contributed by atoms with Crippen LogP contribution in [0.25, 0.3) is 11.1 Å². The number of hydrogen-bond acceptors (Lipinski definition) is 4. The molecule has 0 radical (unpaired) electrons. The van der Waals surface area contributed by atoms with Crippen LogP contribution in [0.5, 0.6) is 11.5 Å². The van der Waals surface area contributed by atoms with Crippen LogP contribution in [-0.4, -0.2) is 25.4 Å². The molecule has 5 nitrogen and oxygen atoms in total. The van der Waals surface area contributed by atoms with Crippen molar-refractivity contribution in [1.29, 1.82) is 0 Å². The summed E-state index contributed by atoms with van der Waals surface area (Å²) in [7, 11) is 0. The van der Waals surface area contributed by atoms with Gasteiger partial charge < -0.3 is 19.5 Å². The van der Waals surface area contributed by atoms with Crippen molar-refractivity contribution in [3.8, 4) is 22.6 Å². The van der Waals surface area contributed by atoms with Gasteiger partial charge in [0, 0.05) is 23.2 Å². The highest BCUT2D eigenvalue weighted by atomic mass is 19.4. The molecule has 3 aromatic rings. The zero-order chi connectivity index (χ0) is 29.1. The van der Waals surface area contributed by atoms with Crippen LogP contribution in [0.1, 0.15) is 38.8 Å². The minimum atomic E-state index is -5.05. The van der Waals surface area contributed by atoms with Crippen LogP contribution >= 0.6 is 0 Å². The van der Waals surface area contributed by atoms with E-state index in [-0.39, 0.29) is 28.7 Å². The molecule has 0 aliphatic heterocycles. The first kappa shape index (κ1) is 29.7. The van der Waals surface area contributed by atoms with Crippen LogP contribution in [0.3, 0.4) is 0 Å². The van der Waals surface area contributed by atoms with Crippen LogP contribution in [0.2, 0.25) is 0 Å². The molecule has 0 saturated carbocycles. The van der Waals surface area contributed by atoms with Crippen LogP contribution in [0, 0.1) is 5.41 Å². The van der Waals surface area contributed by atoms with E-state index in [0.717, 1.165) is 18.2 Å². The summed E-state index contributed by atoms with van der Waals surface area (Å²) in [4.78, 5) is 13.0. The van der Waals surface area contributed by atoms with Crippen molar-refractivity contribution in [2.24, 2.45) is 5.41 Å². The third-order valence-corrected chi connectivity index (χ3v) is 5.51. The zero-order valence-corrected chi connectivity index (χ0v) is 21.5. The number of benzene rings is 3. The smallest absolute Gasteiger partial charge is 0.433 e. The lowest BCUT2D eigenvalue weighted by molar-refractivity contribution is -0.275. The number of rotatable bonds is 7. The molecule has 39 heavy (non-hydrogen) atoms. The highest BCUT2D eigenvalue weighted by molar-refractivity contribution is 5.77. The number of alkyl halides is 6. The van der Waals surface area contributed by atoms with Crippen LogP contribution in [-0.2, 0) is 10.3 Å². The van der Waals surface area contributed by atoms with E-state index in [4.69, 9.17) is 4.74 Å². The molecule has 0 aromatic heterocycles. The minimum absolute atomic E-state index is 0.0106. The average Bonchev–Trinajstić information content (AvgIpc) is 2.81. The molecule has 0 saturated heterocycles. The van der Waals surface area contributed by atoms with E-state index in [1.165, 1.54) is 43.3 Å². The second-order valence-corrected chi connectivity index (χ2v) is 10.0. The Hall–Kier alpha value is -3.89. The monoisotopic (exact) mass is 555 g/mol. The Bertz CT molecular complexity index is 1290. The number of carbonyl (C=O) groups excluding carboxylic acids is 1. The Balaban J connectivity index is 2.26. The Kier molecular flexibility index (Phi) is 8.42. The fraction of sp³-hybridized carbons (Fsp3) is 0.321. The van der Waals surface area contributed by atoms with Crippen molar-refractivity contribution >= 4 is 6.09 Å². The van der Waals surface area contributed by atoms with Gasteiger partial charge in [0.15, 0.2) is 5.60 Å². The number of nitrogens with one attached hydrogen (secondary N) is 1. The first-order chi connectivity index (χ1) is 18.0. The van der Waals surface area contributed by atoms with E-state index in [1.807, 2.05) is 20.8 Å². The second-order valence-electron chi connectivity index (χ2n) is 10.0. The lowest BCUT2D eigenvalue weighted by Crippen LogP contribution is -2.39. The Morgan fingerprint density at radius 3 is 1.97 bits per heavy atom. The molecule has 0 aliphatic rings. The van der Waals surface area contributed by atoms with Gasteiger partial charge in [0.05, 0.1) is 0 Å². The van der Waals surface area contributed by atoms with Crippen molar-refractivity contribution in [3.05, 3.63) is 83.9 Å². The fourth-order valence-corrected chi connectivity index (χ4v) is 3.86. The standard InChI is InChI=1S/C28H27F6NO4/c1-25(2,3)17-35-24(36)39-26(4,19-12-8-13-20(16-19)37-27(29,30)31)21-14-9-15-22(38-28(32,33)34)23(21)18-10-6-5-7-11-18/h5-16H,17H2,1-4H3,(H,35,36). The normalized spacial score (nSPS) is 13.8. The lowest BCUT2D eigenvalue weighted by atomic mass is 9.82. The maximum absolute atomic E-state index is 13.4. The first-order valence-electron chi connectivity index (χ1n) is 11.7. The maximum Gasteiger partial charge on any atom is 0.573 e. The summed E-state index contributed by atoms with van der Waals surface area (Å²) < 4.78 is 93.2. The SMILES string of the molecule is CC(C)(C)CNC(=O)OC(C)(c1cccc(OC(F)(F)F)c1)c1cccc(OC(F)(F)F)c1-c1ccccc1. The third kappa shape index (κ3) is 8.30. The molecular weight excluding hydrogens is 528 g/mol. The van der Waals surface area contributed by atoms with E-state index < -0.39 is 35.9 Å². The molecule has 1 unspecified atom stereocenters. The maximum atomic E-state index is 13.4. The van der Waals surface area contributed by atoms with E-state index in [1.54, 1.807) is 18.2 Å². The molecule has 0 fully saturated rings. The highest BCUT2D eigenvalue weighted by Gasteiger charge is 2.40. The molecule has 1 N–H and O–H groups in total. The molecule has 0 bridgehead atoms. The van der Waals surface area contributed by atoms with Crippen molar-refractivity contribution in [2.45, 2.75) is 46.0 Å². The van der Waals surface area contributed by atoms with Gasteiger partial charge in [-0.25, -0.2) is 4.79 Å². The number of alkyl carbamates (subject to hydrolysis) is 1. The predicted molar refractivity (Wildman–Crippen MR) is 132 cm³/mol. The molecule has 1 atom stereocenters. The molecule has 3 aromatic carbocycles. The number of hydrogen-bond donors (Lipinski definition) is 1. The van der Waals surface area contributed by atoms with Crippen molar-refractivity contribution < 1.29 is 45.3 Å². The summed E-state index contributed by atoms with van der Waals surface area (Å²) >= 11 is 0. The molecule has 210 valence electrons. The van der Waals surface area contributed by atoms with Gasteiger partial charge in [-0.3, -0.25) is 0 Å². The van der Waals surface area contributed by atoms with E-state index >= 15 is 0 Å². The first-order valence-corrected chi connectivity index (χ1v) is 11.7. The molecule has 11 heteroatoms. The molecule has 0 spiro atoms. The zero-order valence-electron chi connectivity index (χ0n) is 21.5. The van der Waals surface area contributed by atoms with Gasteiger partial charge in [-0.15, -0.1) is 26.3 Å². The molecular formula is C28H27F6NO4. The number of ether oxygens (including phenoxy) is 3. The highest BCUT2D eigenvalue weighted by Crippen LogP contribution is 2.45. The topological polar surface area (TPSA) is 56.8 Å². The number of halogens is 6. The molecule has 3 rings (SSSR count). The van der Waals surface area contributed by atoms with Gasteiger partial charge >= 0.3 is 18.8 Å². The van der Waals surface area contributed by atoms with E-state index in [0.29, 0.717) is 5.56 Å². The summed E-state index contributed by atoms with van der Waals surface area (Å²) in [5, 5.41) is 2.60. The number of amides is 1. The van der Waals surface area contributed by atoms with Gasteiger partial charge in [-0.2, -0.15) is 0 Å². The number of carbonyl (C=O) groups is 1. The van der Waals surface area contributed by atoms with E-state index in [2.05, 4.69) is 14.8 Å². The molecule has 0 heterocycles. The predicted octanol–water partition coefficient (Wildman–Crippen LogP) is 8.19. The largest absolute Gasteiger partial charge is 0.573 e. The molecule has 0 aliphatic carbocycles. The summed E-state index contributed by atoms with van der Waals surface area (Å²) in [6.07, 6.45) is -11.0. The van der Waals surface area contributed by atoms with Crippen LogP contribution < -0.4 is 14.8 Å². The van der Waals surface area contributed by atoms with Crippen molar-refractivity contribution in [3.63, 3.8) is 0 Å². The van der Waals surface area contributed by atoms with Crippen molar-refractivity contribution in [1.82, 2.24) is 5.32 Å². The summed E-state index contributed by atoms with van der Waals surface area (Å²) in [5.41, 5.74) is -1.97. The summed E-state index contributed by atoms with van der Waals surface area (Å²) in [6, 6.07) is 16.4. The molecule has 1 amide bonds. The second kappa shape index (κ2) is 11.1. The summed E-state index contributed by atoms with van der Waals surface area (Å²) in [5.74, 6) is -1.19. The Morgan fingerprint density at radius 2 is 1.38 bits per heavy atom. The van der Waals surface area contributed by atoms with E-state index in [9.17, 15) is 31.1 Å². The van der Waals surface area contributed by atoms with Gasteiger partial charge in [0.1, 0.15) is 11.5 Å². The van der Waals surface area contributed by atoms with Crippen molar-refractivity contribution in [2.75, 3.05) is 6.54 Å². The van der Waals surface area contributed by atoms with Crippen LogP contribution in [0.15, 0.2) is 72.8 Å². The van der Waals surface area contributed by atoms with Gasteiger partial charge in [-0.05, 0) is 36.1 Å². The lowest BCUT2D eigenvalue weighted by Gasteiger charge is -2.34. The third-order valence-electron chi connectivity index (χ3n) is 5.51. The van der Waals surface area contributed by atoms with Gasteiger partial charge in [-0.1, -0.05) is 75.4 Å². The van der Waals surface area contributed by atoms with Crippen LogP contribution in [0.4, 0.5) is 31.1 Å². The Morgan fingerprint density at radius 1 is 0.769 bits per heavy atom. The van der Waals surface area contributed by atoms with Gasteiger partial charge in [0.2, 0.25) is 0 Å². The minimum Gasteiger partial charge on any atom is -0.433 e. The summed E-state index contributed by atoms with van der Waals surface area (Å²) in [6.45, 7) is 7.12.